The number of hydrogen-bond acceptors (Lipinski definition) is 3. The first-order valence-electron chi connectivity index (χ1n) is 9.99. The zero-order chi connectivity index (χ0) is 20.3. The lowest BCUT2D eigenvalue weighted by atomic mass is 10.0. The van der Waals surface area contributed by atoms with Crippen molar-refractivity contribution in [2.24, 2.45) is 0 Å². The van der Waals surface area contributed by atoms with Crippen molar-refractivity contribution in [2.75, 3.05) is 11.9 Å². The van der Waals surface area contributed by atoms with Gasteiger partial charge in [-0.1, -0.05) is 66.7 Å². The summed E-state index contributed by atoms with van der Waals surface area (Å²) in [7, 11) is 0. The Labute approximate surface area is 172 Å². The smallest absolute Gasteiger partial charge is 0.226 e. The summed E-state index contributed by atoms with van der Waals surface area (Å²) in [4.78, 5) is 11.8. The zero-order valence-corrected chi connectivity index (χ0v) is 16.5. The molecular weight excluding hydrogens is 362 g/mol. The quantitative estimate of drug-likeness (QED) is 0.525. The first-order valence-corrected chi connectivity index (χ1v) is 9.99. The molecule has 3 aromatic carbocycles. The van der Waals surface area contributed by atoms with Crippen molar-refractivity contribution >= 4 is 11.6 Å². The molecule has 0 saturated heterocycles. The first-order chi connectivity index (χ1) is 14.3. The summed E-state index contributed by atoms with van der Waals surface area (Å²) < 4.78 is 6.05. The number of aliphatic hydroxyl groups excluding tert-OH is 1. The van der Waals surface area contributed by atoms with Crippen LogP contribution in [0.4, 0.5) is 5.69 Å². The predicted octanol–water partition coefficient (Wildman–Crippen LogP) is 4.76. The van der Waals surface area contributed by atoms with Crippen molar-refractivity contribution in [3.8, 4) is 5.75 Å². The molecule has 0 atom stereocenters. The van der Waals surface area contributed by atoms with Gasteiger partial charge in [0.25, 0.3) is 0 Å². The second-order valence-electron chi connectivity index (χ2n) is 6.91. The van der Waals surface area contributed by atoms with E-state index in [1.807, 2.05) is 60.7 Å². The number of anilines is 1. The third kappa shape index (κ3) is 6.47. The molecule has 0 bridgehead atoms. The van der Waals surface area contributed by atoms with Crippen LogP contribution in [0, 0.1) is 0 Å². The average molecular weight is 389 g/mol. The number of aliphatic hydroxyl groups is 1. The highest BCUT2D eigenvalue weighted by atomic mass is 16.5. The van der Waals surface area contributed by atoms with Gasteiger partial charge in [-0.3, -0.25) is 4.79 Å². The normalized spacial score (nSPS) is 10.5. The number of rotatable bonds is 10. The predicted molar refractivity (Wildman–Crippen MR) is 116 cm³/mol. The van der Waals surface area contributed by atoms with Gasteiger partial charge in [-0.05, 0) is 48.1 Å². The Bertz CT molecular complexity index is 909. The van der Waals surface area contributed by atoms with Crippen LogP contribution < -0.4 is 10.1 Å². The molecule has 0 radical (unpaired) electrons. The largest absolute Gasteiger partial charge is 0.489 e. The van der Waals surface area contributed by atoms with E-state index in [0.717, 1.165) is 41.8 Å². The van der Waals surface area contributed by atoms with E-state index in [-0.39, 0.29) is 18.9 Å². The topological polar surface area (TPSA) is 58.6 Å². The van der Waals surface area contributed by atoms with Gasteiger partial charge in [0.15, 0.2) is 0 Å². The minimum absolute atomic E-state index is 0.112. The highest BCUT2D eigenvalue weighted by molar-refractivity contribution is 5.91. The van der Waals surface area contributed by atoms with Crippen LogP contribution in [0.3, 0.4) is 0 Å². The van der Waals surface area contributed by atoms with Crippen molar-refractivity contribution in [2.45, 2.75) is 32.3 Å². The first kappa shape index (κ1) is 20.6. The Morgan fingerprint density at radius 1 is 0.828 bits per heavy atom. The fourth-order valence-electron chi connectivity index (χ4n) is 3.23. The van der Waals surface area contributed by atoms with E-state index in [0.29, 0.717) is 6.61 Å². The number of nitrogens with one attached hydrogen (secondary N) is 1. The van der Waals surface area contributed by atoms with Gasteiger partial charge in [0, 0.05) is 5.69 Å². The fraction of sp³-hybridized carbons (Fsp3) is 0.240. The Morgan fingerprint density at radius 3 is 2.28 bits per heavy atom. The summed E-state index contributed by atoms with van der Waals surface area (Å²) in [5, 5.41) is 11.8. The molecule has 0 saturated carbocycles. The second-order valence-corrected chi connectivity index (χ2v) is 6.91. The molecule has 3 rings (SSSR count). The lowest BCUT2D eigenvalue weighted by Crippen LogP contribution is -2.14. The van der Waals surface area contributed by atoms with Crippen LogP contribution in [0.25, 0.3) is 0 Å². The molecule has 0 spiro atoms. The number of carbonyl (C=O) groups excluding carboxylic acids is 1. The van der Waals surface area contributed by atoms with Crippen LogP contribution in [0.2, 0.25) is 0 Å². The maximum atomic E-state index is 11.8. The lowest BCUT2D eigenvalue weighted by Gasteiger charge is -2.13. The molecule has 4 nitrogen and oxygen atoms in total. The van der Waals surface area contributed by atoms with E-state index < -0.39 is 0 Å². The molecule has 1 amide bonds. The van der Waals surface area contributed by atoms with Gasteiger partial charge in [-0.25, -0.2) is 0 Å². The van der Waals surface area contributed by atoms with E-state index in [2.05, 4.69) is 23.5 Å². The highest BCUT2D eigenvalue weighted by Crippen LogP contribution is 2.23. The van der Waals surface area contributed by atoms with Crippen LogP contribution in [0.5, 0.6) is 5.75 Å². The van der Waals surface area contributed by atoms with Crippen LogP contribution in [-0.4, -0.2) is 17.6 Å². The average Bonchev–Trinajstić information content (AvgIpc) is 2.75. The van der Waals surface area contributed by atoms with Crippen LogP contribution >= 0.6 is 0 Å². The molecule has 0 aliphatic carbocycles. The Hall–Kier alpha value is -3.11. The number of amides is 1. The van der Waals surface area contributed by atoms with Crippen molar-refractivity contribution in [3.63, 3.8) is 0 Å². The molecule has 0 aliphatic heterocycles. The Morgan fingerprint density at radius 2 is 1.48 bits per heavy atom. The minimum atomic E-state index is -0.167. The van der Waals surface area contributed by atoms with E-state index >= 15 is 0 Å². The molecule has 0 heterocycles. The van der Waals surface area contributed by atoms with E-state index in [9.17, 15) is 4.79 Å². The van der Waals surface area contributed by atoms with E-state index in [4.69, 9.17) is 9.84 Å². The van der Waals surface area contributed by atoms with Crippen molar-refractivity contribution in [1.29, 1.82) is 0 Å². The van der Waals surface area contributed by atoms with Crippen LogP contribution in [0.15, 0.2) is 78.9 Å². The van der Waals surface area contributed by atoms with Crippen LogP contribution in [-0.2, 0) is 24.2 Å². The van der Waals surface area contributed by atoms with Crippen LogP contribution in [0.1, 0.15) is 29.5 Å². The third-order valence-electron chi connectivity index (χ3n) is 4.73. The number of para-hydroxylation sites is 2. The van der Waals surface area contributed by atoms with Gasteiger partial charge in [-0.15, -0.1) is 0 Å². The van der Waals surface area contributed by atoms with Crippen molar-refractivity contribution in [3.05, 3.63) is 95.6 Å². The molecule has 0 aromatic heterocycles. The molecule has 0 fully saturated rings. The molecular formula is C25H27NO3. The Balaban J connectivity index is 1.58. The molecule has 3 aromatic rings. The highest BCUT2D eigenvalue weighted by Gasteiger charge is 2.08. The standard InChI is InChI=1S/C25H27NO3/c27-18-17-25(28)26-23-15-6-4-11-21(23)13-8-14-22-12-5-7-16-24(22)29-19-20-9-2-1-3-10-20/h1-7,9-12,15-16,27H,8,13-14,17-19H2,(H,26,28). The fourth-order valence-corrected chi connectivity index (χ4v) is 3.23. The monoisotopic (exact) mass is 389 g/mol. The second kappa shape index (κ2) is 11.0. The van der Waals surface area contributed by atoms with Gasteiger partial charge in [-0.2, -0.15) is 0 Å². The van der Waals surface area contributed by atoms with Gasteiger partial charge >= 0.3 is 0 Å². The molecule has 29 heavy (non-hydrogen) atoms. The summed E-state index contributed by atoms with van der Waals surface area (Å²) in [5.74, 6) is 0.750. The third-order valence-corrected chi connectivity index (χ3v) is 4.73. The maximum Gasteiger partial charge on any atom is 0.226 e. The maximum absolute atomic E-state index is 11.8. The van der Waals surface area contributed by atoms with Gasteiger partial charge in [0.1, 0.15) is 12.4 Å². The summed E-state index contributed by atoms with van der Waals surface area (Å²) in [6, 6.07) is 26.1. The van der Waals surface area contributed by atoms with E-state index in [1.54, 1.807) is 0 Å². The summed E-state index contributed by atoms with van der Waals surface area (Å²) in [6.07, 6.45) is 2.80. The number of ether oxygens (including phenoxy) is 1. The number of aryl methyl sites for hydroxylation is 2. The number of hydrogen-bond donors (Lipinski definition) is 2. The lowest BCUT2D eigenvalue weighted by molar-refractivity contribution is -0.116. The molecule has 0 aliphatic rings. The van der Waals surface area contributed by atoms with E-state index in [1.165, 1.54) is 5.56 Å². The Kier molecular flexibility index (Phi) is 7.84. The molecule has 4 heteroatoms. The van der Waals surface area contributed by atoms with Gasteiger partial charge < -0.3 is 15.2 Å². The van der Waals surface area contributed by atoms with Crippen molar-refractivity contribution in [1.82, 2.24) is 0 Å². The van der Waals surface area contributed by atoms with Gasteiger partial charge in [0.2, 0.25) is 5.91 Å². The van der Waals surface area contributed by atoms with Crippen molar-refractivity contribution < 1.29 is 14.6 Å². The van der Waals surface area contributed by atoms with Gasteiger partial charge in [0.05, 0.1) is 13.0 Å². The number of carbonyl (C=O) groups is 1. The molecule has 150 valence electrons. The summed E-state index contributed by atoms with van der Waals surface area (Å²) in [5.41, 5.74) is 4.25. The minimum Gasteiger partial charge on any atom is -0.489 e. The zero-order valence-electron chi connectivity index (χ0n) is 16.5. The number of benzene rings is 3. The SMILES string of the molecule is O=C(CCO)Nc1ccccc1CCCc1ccccc1OCc1ccccc1. The summed E-state index contributed by atoms with van der Waals surface area (Å²) in [6.45, 7) is 0.408. The molecule has 0 unspecified atom stereocenters. The summed E-state index contributed by atoms with van der Waals surface area (Å²) >= 11 is 0. The molecule has 2 N–H and O–H groups in total.